The maximum Gasteiger partial charge on any atom is 0.348 e. The van der Waals surface area contributed by atoms with Crippen LogP contribution in [-0.4, -0.2) is 62.8 Å². The fourth-order valence-corrected chi connectivity index (χ4v) is 5.96. The van der Waals surface area contributed by atoms with Crippen LogP contribution in [0.1, 0.15) is 206 Å². The zero-order valence-electron chi connectivity index (χ0n) is 32.3. The number of rotatable bonds is 37. The molecule has 48 heavy (non-hydrogen) atoms. The summed E-state index contributed by atoms with van der Waals surface area (Å²) < 4.78 is 16.2. The lowest BCUT2D eigenvalue weighted by molar-refractivity contribution is -0.172. The Morgan fingerprint density at radius 3 is 1.15 bits per heavy atom. The maximum atomic E-state index is 12.8. The highest BCUT2D eigenvalue weighted by atomic mass is 16.6. The lowest BCUT2D eigenvalue weighted by atomic mass is 10.0. The number of unbranched alkanes of at least 4 members (excludes halogenated alkanes) is 26. The molecular formula is C41H79NO6. The van der Waals surface area contributed by atoms with Crippen LogP contribution in [0, 0.1) is 0 Å². The van der Waals surface area contributed by atoms with E-state index in [1.54, 1.807) is 0 Å². The largest absolute Gasteiger partial charge is 0.466 e. The van der Waals surface area contributed by atoms with E-state index in [4.69, 9.17) is 14.2 Å². The van der Waals surface area contributed by atoms with Gasteiger partial charge >= 0.3 is 17.9 Å². The molecule has 0 saturated heterocycles. The highest BCUT2D eigenvalue weighted by Gasteiger charge is 2.28. The van der Waals surface area contributed by atoms with E-state index < -0.39 is 24.0 Å². The molecule has 0 spiro atoms. The van der Waals surface area contributed by atoms with E-state index in [1.165, 1.54) is 141 Å². The van der Waals surface area contributed by atoms with Gasteiger partial charge in [-0.05, 0) is 26.9 Å². The summed E-state index contributed by atoms with van der Waals surface area (Å²) in [4.78, 5) is 39.5. The summed E-state index contributed by atoms with van der Waals surface area (Å²) in [5.41, 5.74) is 0. The van der Waals surface area contributed by atoms with E-state index in [1.807, 2.05) is 19.0 Å². The van der Waals surface area contributed by atoms with Gasteiger partial charge in [0.15, 0.2) is 0 Å². The molecule has 1 atom stereocenters. The molecule has 0 aromatic rings. The van der Waals surface area contributed by atoms with Gasteiger partial charge < -0.3 is 19.1 Å². The molecule has 0 aliphatic rings. The van der Waals surface area contributed by atoms with Gasteiger partial charge in [0.05, 0.1) is 26.1 Å². The molecule has 0 aromatic heterocycles. The molecule has 0 fully saturated rings. The van der Waals surface area contributed by atoms with Crippen molar-refractivity contribution >= 4 is 17.9 Å². The van der Waals surface area contributed by atoms with Crippen LogP contribution < -0.4 is 0 Å². The van der Waals surface area contributed by atoms with E-state index >= 15 is 0 Å². The van der Waals surface area contributed by atoms with Crippen molar-refractivity contribution in [3.8, 4) is 0 Å². The molecule has 0 aromatic carbocycles. The maximum absolute atomic E-state index is 12.8. The van der Waals surface area contributed by atoms with Gasteiger partial charge in [-0.2, -0.15) is 0 Å². The standard InChI is InChI=1S/C41H79NO6/c1-5-7-9-11-13-15-17-19-21-23-25-27-29-31-35-46-40(44)37-38(48-39(43)33-34-42(3)4)41(45)47-36-32-30-28-26-24-22-20-18-16-14-12-10-8-6-2/h38H,5-37H2,1-4H3/t38-/m0/s1. The normalized spacial score (nSPS) is 11.9. The average molecular weight is 682 g/mol. The fraction of sp³-hybridized carbons (Fsp3) is 0.927. The topological polar surface area (TPSA) is 82.1 Å². The van der Waals surface area contributed by atoms with Gasteiger partial charge in [-0.15, -0.1) is 0 Å². The van der Waals surface area contributed by atoms with Crippen LogP contribution in [0.25, 0.3) is 0 Å². The minimum absolute atomic E-state index is 0.143. The summed E-state index contributed by atoms with van der Waals surface area (Å²) >= 11 is 0. The highest BCUT2D eigenvalue weighted by Crippen LogP contribution is 2.15. The smallest absolute Gasteiger partial charge is 0.348 e. The van der Waals surface area contributed by atoms with Crippen LogP contribution in [0.15, 0.2) is 0 Å². The summed E-state index contributed by atoms with van der Waals surface area (Å²) in [7, 11) is 3.73. The van der Waals surface area contributed by atoms with Crippen LogP contribution in [0.5, 0.6) is 0 Å². The van der Waals surface area contributed by atoms with E-state index in [9.17, 15) is 14.4 Å². The second-order valence-electron chi connectivity index (χ2n) is 14.3. The van der Waals surface area contributed by atoms with Crippen molar-refractivity contribution < 1.29 is 28.6 Å². The summed E-state index contributed by atoms with van der Waals surface area (Å²) in [6.45, 7) is 5.63. The van der Waals surface area contributed by atoms with Gasteiger partial charge in [0.25, 0.3) is 0 Å². The Morgan fingerprint density at radius 2 is 0.792 bits per heavy atom. The summed E-state index contributed by atoms with van der Waals surface area (Å²) in [6, 6.07) is 0. The Hall–Kier alpha value is -1.63. The van der Waals surface area contributed by atoms with Crippen LogP contribution in [0.2, 0.25) is 0 Å². The number of hydrogen-bond donors (Lipinski definition) is 0. The number of esters is 3. The van der Waals surface area contributed by atoms with Gasteiger partial charge in [0, 0.05) is 6.54 Å². The summed E-state index contributed by atoms with van der Waals surface area (Å²) in [5, 5.41) is 0. The van der Waals surface area contributed by atoms with E-state index in [2.05, 4.69) is 13.8 Å². The first-order chi connectivity index (χ1) is 23.4. The summed E-state index contributed by atoms with van der Waals surface area (Å²) in [6.07, 6.45) is 33.9. The van der Waals surface area contributed by atoms with Gasteiger partial charge in [-0.3, -0.25) is 9.59 Å². The zero-order valence-corrected chi connectivity index (χ0v) is 32.3. The molecule has 0 bridgehead atoms. The number of carbonyl (C=O) groups excluding carboxylic acids is 3. The number of ether oxygens (including phenoxy) is 3. The molecule has 0 N–H and O–H groups in total. The molecular weight excluding hydrogens is 602 g/mol. The fourth-order valence-electron chi connectivity index (χ4n) is 5.96. The van der Waals surface area contributed by atoms with Crippen molar-refractivity contribution in [3.05, 3.63) is 0 Å². The minimum Gasteiger partial charge on any atom is -0.466 e. The van der Waals surface area contributed by atoms with E-state index in [-0.39, 0.29) is 19.4 Å². The quantitative estimate of drug-likeness (QED) is 0.0366. The van der Waals surface area contributed by atoms with Crippen LogP contribution >= 0.6 is 0 Å². The molecule has 0 aliphatic heterocycles. The zero-order chi connectivity index (χ0) is 35.3. The molecule has 7 heteroatoms. The van der Waals surface area contributed by atoms with E-state index in [0.29, 0.717) is 13.2 Å². The Bertz CT molecular complexity index is 728. The van der Waals surface area contributed by atoms with E-state index in [0.717, 1.165) is 38.5 Å². The Morgan fingerprint density at radius 1 is 0.458 bits per heavy atom. The third-order valence-electron chi connectivity index (χ3n) is 9.15. The second kappa shape index (κ2) is 36.6. The SMILES string of the molecule is CCCCCCCCCCCCCCCCOC(=O)C[C@H](OC(=O)CCN(C)C)C(=O)OCCCCCCCCCCCCCCCC. The van der Waals surface area contributed by atoms with Crippen LogP contribution in [0.4, 0.5) is 0 Å². The predicted octanol–water partition coefficient (Wildman–Crippen LogP) is 11.3. The third-order valence-corrected chi connectivity index (χ3v) is 9.15. The number of hydrogen-bond acceptors (Lipinski definition) is 7. The Labute approximate surface area is 297 Å². The van der Waals surface area contributed by atoms with Crippen LogP contribution in [0.3, 0.4) is 0 Å². The van der Waals surface area contributed by atoms with Crippen molar-refractivity contribution in [2.75, 3.05) is 33.9 Å². The van der Waals surface area contributed by atoms with Crippen LogP contribution in [-0.2, 0) is 28.6 Å². The first-order valence-electron chi connectivity index (χ1n) is 20.6. The molecule has 0 heterocycles. The van der Waals surface area contributed by atoms with Crippen molar-refractivity contribution in [2.45, 2.75) is 213 Å². The molecule has 7 nitrogen and oxygen atoms in total. The van der Waals surface area contributed by atoms with Gasteiger partial charge in [0.1, 0.15) is 0 Å². The lowest BCUT2D eigenvalue weighted by Gasteiger charge is -2.17. The minimum atomic E-state index is -1.25. The van der Waals surface area contributed by atoms with Crippen molar-refractivity contribution in [2.24, 2.45) is 0 Å². The average Bonchev–Trinajstić information content (AvgIpc) is 3.06. The predicted molar refractivity (Wildman–Crippen MR) is 200 cm³/mol. The number of carbonyl (C=O) groups is 3. The Balaban J connectivity index is 4.07. The summed E-state index contributed by atoms with van der Waals surface area (Å²) in [5.74, 6) is -1.69. The first kappa shape index (κ1) is 46.4. The monoisotopic (exact) mass is 682 g/mol. The van der Waals surface area contributed by atoms with Gasteiger partial charge in [0.2, 0.25) is 6.10 Å². The molecule has 0 amide bonds. The third kappa shape index (κ3) is 34.2. The van der Waals surface area contributed by atoms with Gasteiger partial charge in [-0.25, -0.2) is 4.79 Å². The lowest BCUT2D eigenvalue weighted by Crippen LogP contribution is -2.33. The molecule has 0 rings (SSSR count). The molecule has 0 radical (unpaired) electrons. The molecule has 0 saturated carbocycles. The molecule has 0 aliphatic carbocycles. The van der Waals surface area contributed by atoms with Gasteiger partial charge in [-0.1, -0.05) is 181 Å². The van der Waals surface area contributed by atoms with Crippen molar-refractivity contribution in [3.63, 3.8) is 0 Å². The van der Waals surface area contributed by atoms with Crippen molar-refractivity contribution in [1.82, 2.24) is 4.90 Å². The highest BCUT2D eigenvalue weighted by molar-refractivity contribution is 5.84. The molecule has 284 valence electrons. The second-order valence-corrected chi connectivity index (χ2v) is 14.3. The number of nitrogens with zero attached hydrogens (tertiary/aromatic N) is 1. The molecule has 0 unspecified atom stereocenters. The van der Waals surface area contributed by atoms with Crippen molar-refractivity contribution in [1.29, 1.82) is 0 Å². The first-order valence-corrected chi connectivity index (χ1v) is 20.6. The Kier molecular flexibility index (Phi) is 35.4.